The molecule has 2 amide bonds. The van der Waals surface area contributed by atoms with Crippen molar-refractivity contribution in [1.82, 2.24) is 15.5 Å². The molecule has 0 aliphatic carbocycles. The van der Waals surface area contributed by atoms with Crippen LogP contribution in [0.3, 0.4) is 0 Å². The molecule has 0 radical (unpaired) electrons. The Morgan fingerprint density at radius 1 is 1.58 bits per heavy atom. The highest BCUT2D eigenvalue weighted by Crippen LogP contribution is 2.10. The van der Waals surface area contributed by atoms with Crippen molar-refractivity contribution in [3.63, 3.8) is 0 Å². The number of hydrogen-bond donors (Lipinski definition) is 2. The Morgan fingerprint density at radius 3 is 2.95 bits per heavy atom. The number of nitrogens with zero attached hydrogens (tertiary/aromatic N) is 2. The number of rotatable bonds is 6. The predicted molar refractivity (Wildman–Crippen MR) is 78.3 cm³/mol. The summed E-state index contributed by atoms with van der Waals surface area (Å²) in [5, 5.41) is 6.07. The van der Waals surface area contributed by atoms with Gasteiger partial charge in [0, 0.05) is 13.0 Å². The van der Waals surface area contributed by atoms with Gasteiger partial charge in [0.25, 0.3) is 0 Å². The molecule has 1 heterocycles. The third-order valence-corrected chi connectivity index (χ3v) is 3.40. The van der Waals surface area contributed by atoms with Crippen molar-refractivity contribution >= 4 is 28.7 Å². The number of thioether (sulfide) groups is 1. The maximum atomic E-state index is 11.6. The van der Waals surface area contributed by atoms with Crippen LogP contribution in [0.25, 0.3) is 0 Å². The zero-order chi connectivity index (χ0) is 14.3. The summed E-state index contributed by atoms with van der Waals surface area (Å²) in [6.07, 6.45) is 1.35. The van der Waals surface area contributed by atoms with Crippen molar-refractivity contribution in [2.45, 2.75) is 25.8 Å². The first kappa shape index (κ1) is 16.0. The van der Waals surface area contributed by atoms with E-state index in [1.165, 1.54) is 11.8 Å². The average Bonchev–Trinajstić information content (AvgIpc) is 2.31. The van der Waals surface area contributed by atoms with Crippen LogP contribution >= 0.6 is 11.8 Å². The zero-order valence-corrected chi connectivity index (χ0v) is 12.5. The van der Waals surface area contributed by atoms with Gasteiger partial charge < -0.3 is 15.5 Å². The van der Waals surface area contributed by atoms with Gasteiger partial charge in [-0.3, -0.25) is 14.6 Å². The highest BCUT2D eigenvalue weighted by Gasteiger charge is 2.18. The quantitative estimate of drug-likeness (QED) is 0.677. The molecule has 6 nitrogen and oxygen atoms in total. The number of hydrogen-bond acceptors (Lipinski definition) is 5. The fourth-order valence-electron chi connectivity index (χ4n) is 1.60. The maximum absolute atomic E-state index is 11.6. The van der Waals surface area contributed by atoms with Gasteiger partial charge in [-0.15, -0.1) is 0 Å². The van der Waals surface area contributed by atoms with Crippen LogP contribution < -0.4 is 10.6 Å². The second-order valence-corrected chi connectivity index (χ2v) is 5.80. The van der Waals surface area contributed by atoms with Gasteiger partial charge in [-0.05, 0) is 34.0 Å². The van der Waals surface area contributed by atoms with E-state index in [1.54, 1.807) is 0 Å². The summed E-state index contributed by atoms with van der Waals surface area (Å²) in [4.78, 5) is 29.2. The third-order valence-electron chi connectivity index (χ3n) is 2.51. The number of nitrogens with one attached hydrogen (secondary N) is 2. The Bertz CT molecular complexity index is 358. The Kier molecular flexibility index (Phi) is 6.86. The molecule has 2 N–H and O–H groups in total. The molecule has 1 aliphatic rings. The topological polar surface area (TPSA) is 73.8 Å². The summed E-state index contributed by atoms with van der Waals surface area (Å²) in [5.74, 6) is 0.226. The van der Waals surface area contributed by atoms with Crippen molar-refractivity contribution in [3.05, 3.63) is 0 Å². The van der Waals surface area contributed by atoms with Crippen molar-refractivity contribution in [1.29, 1.82) is 0 Å². The van der Waals surface area contributed by atoms with Crippen LogP contribution in [-0.4, -0.2) is 60.9 Å². The molecule has 1 unspecified atom stereocenters. The molecule has 0 aromatic carbocycles. The van der Waals surface area contributed by atoms with Gasteiger partial charge in [0.15, 0.2) is 5.17 Å². The van der Waals surface area contributed by atoms with Crippen LogP contribution in [0, 0.1) is 0 Å². The molecule has 0 saturated heterocycles. The highest BCUT2D eigenvalue weighted by molar-refractivity contribution is 8.14. The van der Waals surface area contributed by atoms with Gasteiger partial charge in [-0.25, -0.2) is 0 Å². The number of aliphatic imine (C=N–C) groups is 1. The molecule has 0 spiro atoms. The minimum atomic E-state index is -0.0311. The van der Waals surface area contributed by atoms with Crippen LogP contribution in [-0.2, 0) is 9.59 Å². The standard InChI is InChI=1S/C12H22N4O2S/c1-9-7-10(17)15-12(14-9)19-8-11(18)13-5-4-6-16(2)3/h9H,4-8H2,1-3H3,(H,13,18)(H,14,15,17). The summed E-state index contributed by atoms with van der Waals surface area (Å²) >= 11 is 1.27. The van der Waals surface area contributed by atoms with Gasteiger partial charge in [0.1, 0.15) is 0 Å². The molecule has 0 fully saturated rings. The summed E-state index contributed by atoms with van der Waals surface area (Å²) < 4.78 is 0. The van der Waals surface area contributed by atoms with Crippen LogP contribution in [0.5, 0.6) is 0 Å². The van der Waals surface area contributed by atoms with Crippen molar-refractivity contribution in [2.75, 3.05) is 32.9 Å². The average molecular weight is 286 g/mol. The molecule has 1 atom stereocenters. The SMILES string of the molecule is CC1CC(=O)NC(SCC(=O)NCCCN(C)C)=N1. The first-order chi connectivity index (χ1) is 8.97. The predicted octanol–water partition coefficient (Wildman–Crippen LogP) is 0.0519. The van der Waals surface area contributed by atoms with Gasteiger partial charge in [-0.1, -0.05) is 11.8 Å². The molecule has 1 aliphatic heterocycles. The van der Waals surface area contributed by atoms with E-state index in [4.69, 9.17) is 0 Å². The first-order valence-corrected chi connectivity index (χ1v) is 7.38. The lowest BCUT2D eigenvalue weighted by Gasteiger charge is -2.17. The summed E-state index contributed by atoms with van der Waals surface area (Å²) in [6, 6.07) is -0.000553. The molecule has 0 aromatic heterocycles. The smallest absolute Gasteiger partial charge is 0.230 e. The fourth-order valence-corrected chi connectivity index (χ4v) is 2.41. The third kappa shape index (κ3) is 7.17. The summed E-state index contributed by atoms with van der Waals surface area (Å²) in [5.41, 5.74) is 0. The molecule has 19 heavy (non-hydrogen) atoms. The van der Waals surface area contributed by atoms with Crippen LogP contribution in [0.4, 0.5) is 0 Å². The number of amides is 2. The minimum absolute atomic E-state index is 0.000553. The maximum Gasteiger partial charge on any atom is 0.230 e. The van der Waals surface area contributed by atoms with E-state index in [-0.39, 0.29) is 23.6 Å². The molecule has 0 saturated carbocycles. The second kappa shape index (κ2) is 8.16. The van der Waals surface area contributed by atoms with E-state index in [9.17, 15) is 9.59 Å². The minimum Gasteiger partial charge on any atom is -0.355 e. The largest absolute Gasteiger partial charge is 0.355 e. The van der Waals surface area contributed by atoms with E-state index >= 15 is 0 Å². The lowest BCUT2D eigenvalue weighted by atomic mass is 10.2. The molecular weight excluding hydrogens is 264 g/mol. The van der Waals surface area contributed by atoms with E-state index < -0.39 is 0 Å². The Morgan fingerprint density at radius 2 is 2.32 bits per heavy atom. The number of carbonyl (C=O) groups is 2. The molecule has 0 bridgehead atoms. The summed E-state index contributed by atoms with van der Waals surface area (Å²) in [6.45, 7) is 3.52. The lowest BCUT2D eigenvalue weighted by molar-refractivity contribution is -0.120. The zero-order valence-electron chi connectivity index (χ0n) is 11.7. The molecule has 1 rings (SSSR count). The molecule has 7 heteroatoms. The van der Waals surface area contributed by atoms with Gasteiger partial charge in [0.2, 0.25) is 11.8 Å². The number of carbonyl (C=O) groups excluding carboxylic acids is 2. The van der Waals surface area contributed by atoms with Crippen LogP contribution in [0.2, 0.25) is 0 Å². The van der Waals surface area contributed by atoms with E-state index in [2.05, 4.69) is 20.5 Å². The Hall–Kier alpha value is -1.08. The van der Waals surface area contributed by atoms with Gasteiger partial charge >= 0.3 is 0 Å². The van der Waals surface area contributed by atoms with Gasteiger partial charge in [-0.2, -0.15) is 0 Å². The second-order valence-electron chi connectivity index (χ2n) is 4.83. The van der Waals surface area contributed by atoms with Crippen molar-refractivity contribution in [2.24, 2.45) is 4.99 Å². The van der Waals surface area contributed by atoms with Crippen molar-refractivity contribution < 1.29 is 9.59 Å². The van der Waals surface area contributed by atoms with Crippen LogP contribution in [0.15, 0.2) is 4.99 Å². The fraction of sp³-hybridized carbons (Fsp3) is 0.750. The van der Waals surface area contributed by atoms with E-state index in [0.29, 0.717) is 18.1 Å². The van der Waals surface area contributed by atoms with Crippen molar-refractivity contribution in [3.8, 4) is 0 Å². The molecule has 108 valence electrons. The Balaban J connectivity index is 2.18. The number of amidine groups is 1. The monoisotopic (exact) mass is 286 g/mol. The van der Waals surface area contributed by atoms with E-state index in [0.717, 1.165) is 13.0 Å². The van der Waals surface area contributed by atoms with Gasteiger partial charge in [0.05, 0.1) is 11.8 Å². The summed E-state index contributed by atoms with van der Waals surface area (Å²) in [7, 11) is 4.01. The first-order valence-electron chi connectivity index (χ1n) is 6.39. The molecular formula is C12H22N4O2S. The van der Waals surface area contributed by atoms with Crippen LogP contribution in [0.1, 0.15) is 19.8 Å². The van der Waals surface area contributed by atoms with E-state index in [1.807, 2.05) is 21.0 Å². The normalized spacial score (nSPS) is 19.1. The highest BCUT2D eigenvalue weighted by atomic mass is 32.2. The Labute approximate surface area is 118 Å². The lowest BCUT2D eigenvalue weighted by Crippen LogP contribution is -2.37. The molecule has 0 aromatic rings.